The third-order valence-corrected chi connectivity index (χ3v) is 2.71. The highest BCUT2D eigenvalue weighted by atomic mass is 19.1. The number of hydrogen-bond donors (Lipinski definition) is 2. The molecule has 0 spiro atoms. The second kappa shape index (κ2) is 5.53. The summed E-state index contributed by atoms with van der Waals surface area (Å²) in [5.74, 6) is -2.57. The first kappa shape index (κ1) is 14.4. The molecule has 8 heteroatoms. The molecule has 3 N–H and O–H groups in total. The van der Waals surface area contributed by atoms with E-state index in [1.807, 2.05) is 0 Å². The molecule has 0 aliphatic heterocycles. The monoisotopic (exact) mass is 293 g/mol. The van der Waals surface area contributed by atoms with Gasteiger partial charge in [0.15, 0.2) is 5.82 Å². The minimum atomic E-state index is -0.979. The van der Waals surface area contributed by atoms with Crippen molar-refractivity contribution >= 4 is 23.0 Å². The molecule has 0 heterocycles. The van der Waals surface area contributed by atoms with Crippen molar-refractivity contribution in [2.24, 2.45) is 0 Å². The highest BCUT2D eigenvalue weighted by Gasteiger charge is 2.16. The molecule has 0 aromatic heterocycles. The Bertz CT molecular complexity index is 735. The van der Waals surface area contributed by atoms with Crippen molar-refractivity contribution in [1.29, 1.82) is 0 Å². The number of carbonyl (C=O) groups is 1. The van der Waals surface area contributed by atoms with Gasteiger partial charge in [0.25, 0.3) is 11.6 Å². The number of nitrogens with two attached hydrogens (primary N) is 1. The molecule has 0 saturated carbocycles. The fraction of sp³-hybridized carbons (Fsp3) is 0. The van der Waals surface area contributed by atoms with Crippen LogP contribution < -0.4 is 11.1 Å². The van der Waals surface area contributed by atoms with Gasteiger partial charge >= 0.3 is 0 Å². The Morgan fingerprint density at radius 2 is 1.90 bits per heavy atom. The molecule has 0 aliphatic rings. The first-order chi connectivity index (χ1) is 9.90. The van der Waals surface area contributed by atoms with Crippen LogP contribution in [-0.4, -0.2) is 10.8 Å². The van der Waals surface area contributed by atoms with Gasteiger partial charge in [-0.05, 0) is 18.2 Å². The standard InChI is InChI=1S/C13H9F2N3O3/c14-9-3-1-2-8(12(9)16)13(19)17-11-5-4-7(18(20)21)6-10(11)15/h1-6H,16H2,(H,17,19). The highest BCUT2D eigenvalue weighted by molar-refractivity contribution is 6.07. The minimum absolute atomic E-state index is 0.159. The minimum Gasteiger partial charge on any atom is -0.396 e. The van der Waals surface area contributed by atoms with Gasteiger partial charge in [-0.15, -0.1) is 0 Å². The molecule has 0 unspecified atom stereocenters. The molecule has 6 nitrogen and oxygen atoms in total. The van der Waals surface area contributed by atoms with Crippen LogP contribution in [0.4, 0.5) is 25.8 Å². The van der Waals surface area contributed by atoms with Gasteiger partial charge < -0.3 is 11.1 Å². The molecule has 108 valence electrons. The summed E-state index contributed by atoms with van der Waals surface area (Å²) >= 11 is 0. The lowest BCUT2D eigenvalue weighted by atomic mass is 10.1. The van der Waals surface area contributed by atoms with Crippen LogP contribution in [0.3, 0.4) is 0 Å². The number of amides is 1. The topological polar surface area (TPSA) is 98.3 Å². The average Bonchev–Trinajstić information content (AvgIpc) is 2.43. The number of nitrogen functional groups attached to an aromatic ring is 1. The van der Waals surface area contributed by atoms with Crippen LogP contribution in [0.5, 0.6) is 0 Å². The van der Waals surface area contributed by atoms with E-state index in [9.17, 15) is 23.7 Å². The van der Waals surface area contributed by atoms with E-state index in [2.05, 4.69) is 5.32 Å². The lowest BCUT2D eigenvalue weighted by Crippen LogP contribution is -2.15. The molecule has 0 radical (unpaired) electrons. The summed E-state index contributed by atoms with van der Waals surface area (Å²) < 4.78 is 26.9. The molecule has 0 aliphatic carbocycles. The lowest BCUT2D eigenvalue weighted by Gasteiger charge is -2.08. The second-order valence-corrected chi connectivity index (χ2v) is 4.08. The summed E-state index contributed by atoms with van der Waals surface area (Å²) in [4.78, 5) is 21.6. The van der Waals surface area contributed by atoms with Gasteiger partial charge in [0.2, 0.25) is 0 Å². The van der Waals surface area contributed by atoms with Crippen molar-refractivity contribution in [1.82, 2.24) is 0 Å². The number of halogens is 2. The van der Waals surface area contributed by atoms with Gasteiger partial charge in [0.1, 0.15) is 5.82 Å². The summed E-state index contributed by atoms with van der Waals surface area (Å²) in [6.07, 6.45) is 0. The maximum absolute atomic E-state index is 13.6. The smallest absolute Gasteiger partial charge is 0.272 e. The normalized spacial score (nSPS) is 10.2. The van der Waals surface area contributed by atoms with Crippen molar-refractivity contribution in [3.8, 4) is 0 Å². The van der Waals surface area contributed by atoms with E-state index < -0.39 is 28.2 Å². The molecule has 2 rings (SSSR count). The predicted octanol–water partition coefficient (Wildman–Crippen LogP) is 2.71. The van der Waals surface area contributed by atoms with Crippen LogP contribution in [0.25, 0.3) is 0 Å². The number of hydrogen-bond acceptors (Lipinski definition) is 4. The number of para-hydroxylation sites is 1. The first-order valence-corrected chi connectivity index (χ1v) is 5.69. The van der Waals surface area contributed by atoms with Crippen molar-refractivity contribution in [3.63, 3.8) is 0 Å². The van der Waals surface area contributed by atoms with E-state index in [4.69, 9.17) is 5.73 Å². The Kier molecular flexibility index (Phi) is 3.79. The SMILES string of the molecule is Nc1c(F)cccc1C(=O)Nc1ccc([N+](=O)[O-])cc1F. The fourth-order valence-corrected chi connectivity index (χ4v) is 1.64. The number of nitro benzene ring substituents is 1. The van der Waals surface area contributed by atoms with Crippen LogP contribution in [-0.2, 0) is 0 Å². The predicted molar refractivity (Wildman–Crippen MR) is 71.8 cm³/mol. The lowest BCUT2D eigenvalue weighted by molar-refractivity contribution is -0.385. The van der Waals surface area contributed by atoms with Crippen LogP contribution in [0.15, 0.2) is 36.4 Å². The molecule has 1 amide bonds. The third kappa shape index (κ3) is 2.94. The van der Waals surface area contributed by atoms with Crippen molar-refractivity contribution in [2.45, 2.75) is 0 Å². The van der Waals surface area contributed by atoms with Crippen LogP contribution in [0.2, 0.25) is 0 Å². The average molecular weight is 293 g/mol. The van der Waals surface area contributed by atoms with E-state index in [0.29, 0.717) is 6.07 Å². The van der Waals surface area contributed by atoms with E-state index in [-0.39, 0.29) is 16.9 Å². The number of nitro groups is 1. The summed E-state index contributed by atoms with van der Waals surface area (Å²) in [5, 5.41) is 12.7. The van der Waals surface area contributed by atoms with Gasteiger partial charge in [0, 0.05) is 6.07 Å². The van der Waals surface area contributed by atoms with Crippen molar-refractivity contribution in [3.05, 3.63) is 63.7 Å². The number of carbonyl (C=O) groups excluding carboxylic acids is 1. The Morgan fingerprint density at radius 1 is 1.19 bits per heavy atom. The molecule has 0 atom stereocenters. The molecule has 0 saturated heterocycles. The summed E-state index contributed by atoms with van der Waals surface area (Å²) in [6, 6.07) is 6.39. The van der Waals surface area contributed by atoms with Gasteiger partial charge in [0.05, 0.1) is 27.9 Å². The van der Waals surface area contributed by atoms with E-state index in [0.717, 1.165) is 18.2 Å². The number of rotatable bonds is 3. The number of anilines is 2. The Labute approximate surface area is 117 Å². The molecular formula is C13H9F2N3O3. The zero-order valence-corrected chi connectivity index (χ0v) is 10.5. The number of non-ortho nitro benzene ring substituents is 1. The van der Waals surface area contributed by atoms with Gasteiger partial charge in [-0.1, -0.05) is 6.07 Å². The maximum atomic E-state index is 13.6. The largest absolute Gasteiger partial charge is 0.396 e. The Hall–Kier alpha value is -3.03. The van der Waals surface area contributed by atoms with Crippen LogP contribution in [0.1, 0.15) is 10.4 Å². The summed E-state index contributed by atoms with van der Waals surface area (Å²) in [7, 11) is 0. The Balaban J connectivity index is 2.28. The fourth-order valence-electron chi connectivity index (χ4n) is 1.64. The number of nitrogens with zero attached hydrogens (tertiary/aromatic N) is 1. The molecule has 2 aromatic rings. The number of nitrogens with one attached hydrogen (secondary N) is 1. The molecular weight excluding hydrogens is 284 g/mol. The zero-order valence-electron chi connectivity index (χ0n) is 10.5. The van der Waals surface area contributed by atoms with Gasteiger partial charge in [-0.3, -0.25) is 14.9 Å². The van der Waals surface area contributed by atoms with Crippen molar-refractivity contribution < 1.29 is 18.5 Å². The van der Waals surface area contributed by atoms with E-state index in [1.54, 1.807) is 0 Å². The first-order valence-electron chi connectivity index (χ1n) is 5.69. The summed E-state index contributed by atoms with van der Waals surface area (Å²) in [5.41, 5.74) is 4.18. The van der Waals surface area contributed by atoms with Gasteiger partial charge in [-0.2, -0.15) is 0 Å². The molecule has 0 fully saturated rings. The van der Waals surface area contributed by atoms with E-state index in [1.165, 1.54) is 12.1 Å². The quantitative estimate of drug-likeness (QED) is 0.516. The highest BCUT2D eigenvalue weighted by Crippen LogP contribution is 2.22. The van der Waals surface area contributed by atoms with Crippen LogP contribution >= 0.6 is 0 Å². The van der Waals surface area contributed by atoms with Crippen molar-refractivity contribution in [2.75, 3.05) is 11.1 Å². The molecule has 2 aromatic carbocycles. The Morgan fingerprint density at radius 3 is 2.52 bits per heavy atom. The maximum Gasteiger partial charge on any atom is 0.272 e. The molecule has 0 bridgehead atoms. The third-order valence-electron chi connectivity index (χ3n) is 2.71. The second-order valence-electron chi connectivity index (χ2n) is 4.08. The van der Waals surface area contributed by atoms with Crippen LogP contribution in [0, 0.1) is 21.7 Å². The number of benzene rings is 2. The molecule has 21 heavy (non-hydrogen) atoms. The van der Waals surface area contributed by atoms with Gasteiger partial charge in [-0.25, -0.2) is 8.78 Å². The summed E-state index contributed by atoms with van der Waals surface area (Å²) in [6.45, 7) is 0. The van der Waals surface area contributed by atoms with E-state index >= 15 is 0 Å². The zero-order chi connectivity index (χ0) is 15.6.